The van der Waals surface area contributed by atoms with Gasteiger partial charge in [-0.05, 0) is 43.4 Å². The molecule has 0 fully saturated rings. The predicted molar refractivity (Wildman–Crippen MR) is 84.2 cm³/mol. The number of carbonyl (C=O) groups is 1. The number of rotatable bonds is 6. The molecule has 0 amide bonds. The van der Waals surface area contributed by atoms with E-state index in [9.17, 15) is 4.79 Å². The summed E-state index contributed by atoms with van der Waals surface area (Å²) in [7, 11) is 0. The minimum atomic E-state index is 0.0747. The normalized spacial score (nSPS) is 13.4. The molecule has 0 aliphatic heterocycles. The summed E-state index contributed by atoms with van der Waals surface area (Å²) in [6.45, 7) is 2.73. The molecule has 21 heavy (non-hydrogen) atoms. The van der Waals surface area contributed by atoms with Crippen molar-refractivity contribution in [1.82, 2.24) is 4.98 Å². The topological polar surface area (TPSA) is 39.2 Å². The van der Waals surface area contributed by atoms with Crippen LogP contribution < -0.4 is 0 Å². The number of hydrogen-bond donors (Lipinski definition) is 0. The van der Waals surface area contributed by atoms with E-state index in [-0.39, 0.29) is 12.4 Å². The van der Waals surface area contributed by atoms with Crippen LogP contribution >= 0.6 is 11.3 Å². The second-order valence-electron chi connectivity index (χ2n) is 5.42. The number of aromatic nitrogens is 1. The van der Waals surface area contributed by atoms with Crippen molar-refractivity contribution in [2.75, 3.05) is 13.2 Å². The van der Waals surface area contributed by atoms with Gasteiger partial charge in [-0.15, -0.1) is 11.3 Å². The Labute approximate surface area is 129 Å². The molecule has 0 saturated heterocycles. The van der Waals surface area contributed by atoms with E-state index in [2.05, 4.69) is 11.1 Å². The van der Waals surface area contributed by atoms with E-state index >= 15 is 0 Å². The van der Waals surface area contributed by atoms with Crippen LogP contribution in [0.2, 0.25) is 0 Å². The van der Waals surface area contributed by atoms with Crippen molar-refractivity contribution in [2.45, 2.75) is 32.6 Å². The third-order valence-electron chi connectivity index (χ3n) is 3.97. The highest BCUT2D eigenvalue weighted by atomic mass is 32.1. The number of Topliss-reactive ketones (excluding diaryl/α,β-unsaturated/α-hetero) is 1. The summed E-state index contributed by atoms with van der Waals surface area (Å²) < 4.78 is 5.53. The zero-order valence-electron chi connectivity index (χ0n) is 12.2. The number of benzene rings is 1. The van der Waals surface area contributed by atoms with E-state index in [1.165, 1.54) is 22.4 Å². The predicted octanol–water partition coefficient (Wildman–Crippen LogP) is 3.38. The van der Waals surface area contributed by atoms with Crippen LogP contribution in [0.1, 0.15) is 38.5 Å². The number of hydrogen-bond acceptors (Lipinski definition) is 4. The molecule has 1 aliphatic carbocycles. The lowest BCUT2D eigenvalue weighted by molar-refractivity contribution is 0.0766. The van der Waals surface area contributed by atoms with Crippen LogP contribution in [0.4, 0.5) is 0 Å². The van der Waals surface area contributed by atoms with Gasteiger partial charge in [0.2, 0.25) is 0 Å². The number of ketones is 1. The molecule has 0 radical (unpaired) electrons. The van der Waals surface area contributed by atoms with E-state index in [0.29, 0.717) is 6.61 Å². The lowest BCUT2D eigenvalue weighted by Crippen LogP contribution is -2.11. The molecule has 110 valence electrons. The largest absolute Gasteiger partial charge is 0.373 e. The zero-order chi connectivity index (χ0) is 14.7. The molecule has 1 aromatic heterocycles. The van der Waals surface area contributed by atoms with Crippen molar-refractivity contribution in [3.63, 3.8) is 0 Å². The van der Waals surface area contributed by atoms with Gasteiger partial charge in [0, 0.05) is 16.9 Å². The SMILES string of the molecule is Cc1ncsc1CCOCC(=O)c1ccc2c(c1)CCC2. The number of carbonyl (C=O) groups excluding carboxylic acids is 1. The molecule has 0 saturated carbocycles. The second-order valence-corrected chi connectivity index (χ2v) is 6.36. The molecule has 1 aromatic carbocycles. The Morgan fingerprint density at radius 1 is 1.33 bits per heavy atom. The maximum absolute atomic E-state index is 12.1. The first-order valence-corrected chi connectivity index (χ1v) is 8.24. The molecular weight excluding hydrogens is 282 g/mol. The number of fused-ring (bicyclic) bond motifs is 1. The van der Waals surface area contributed by atoms with Crippen LogP contribution in [0.5, 0.6) is 0 Å². The molecule has 1 heterocycles. The third-order valence-corrected chi connectivity index (χ3v) is 4.97. The van der Waals surface area contributed by atoms with E-state index < -0.39 is 0 Å². The summed E-state index contributed by atoms with van der Waals surface area (Å²) in [6.07, 6.45) is 4.28. The highest BCUT2D eigenvalue weighted by Crippen LogP contribution is 2.23. The van der Waals surface area contributed by atoms with Crippen molar-refractivity contribution in [1.29, 1.82) is 0 Å². The molecular formula is C17H19NO2S. The minimum absolute atomic E-state index is 0.0747. The fourth-order valence-corrected chi connectivity index (χ4v) is 3.49. The van der Waals surface area contributed by atoms with Gasteiger partial charge in [0.15, 0.2) is 5.78 Å². The molecule has 0 N–H and O–H groups in total. The van der Waals surface area contributed by atoms with Gasteiger partial charge in [-0.1, -0.05) is 12.1 Å². The molecule has 1 aliphatic rings. The quantitative estimate of drug-likeness (QED) is 0.606. The lowest BCUT2D eigenvalue weighted by Gasteiger charge is -2.05. The van der Waals surface area contributed by atoms with Gasteiger partial charge in [0.05, 0.1) is 17.8 Å². The molecule has 2 aromatic rings. The number of thiazole rings is 1. The van der Waals surface area contributed by atoms with Crippen molar-refractivity contribution < 1.29 is 9.53 Å². The first kappa shape index (κ1) is 14.4. The summed E-state index contributed by atoms with van der Waals surface area (Å²) in [5.74, 6) is 0.0747. The summed E-state index contributed by atoms with van der Waals surface area (Å²) in [5, 5.41) is 0. The monoisotopic (exact) mass is 301 g/mol. The van der Waals surface area contributed by atoms with Gasteiger partial charge in [0.1, 0.15) is 6.61 Å². The Kier molecular flexibility index (Phi) is 4.46. The van der Waals surface area contributed by atoms with E-state index in [4.69, 9.17) is 4.74 Å². The standard InChI is InChI=1S/C17H19NO2S/c1-12-17(21-11-18-12)7-8-20-10-16(19)15-6-5-13-3-2-4-14(13)9-15/h5-6,9,11H,2-4,7-8,10H2,1H3. The number of nitrogens with zero attached hydrogens (tertiary/aromatic N) is 1. The Balaban J connectivity index is 1.49. The fraction of sp³-hybridized carbons (Fsp3) is 0.412. The fourth-order valence-electron chi connectivity index (χ4n) is 2.72. The van der Waals surface area contributed by atoms with Gasteiger partial charge < -0.3 is 4.74 Å². The summed E-state index contributed by atoms with van der Waals surface area (Å²) in [5.41, 5.74) is 6.42. The summed E-state index contributed by atoms with van der Waals surface area (Å²) in [6, 6.07) is 6.07. The van der Waals surface area contributed by atoms with Gasteiger partial charge in [-0.2, -0.15) is 0 Å². The highest BCUT2D eigenvalue weighted by Gasteiger charge is 2.14. The number of ether oxygens (including phenoxy) is 1. The Morgan fingerprint density at radius 3 is 3.00 bits per heavy atom. The van der Waals surface area contributed by atoms with Gasteiger partial charge in [-0.25, -0.2) is 4.98 Å². The Bertz CT molecular complexity index is 648. The Hall–Kier alpha value is -1.52. The van der Waals surface area contributed by atoms with Crippen LogP contribution in [-0.4, -0.2) is 24.0 Å². The first-order chi connectivity index (χ1) is 10.2. The second kappa shape index (κ2) is 6.50. The number of aryl methyl sites for hydroxylation is 3. The van der Waals surface area contributed by atoms with Gasteiger partial charge >= 0.3 is 0 Å². The van der Waals surface area contributed by atoms with Crippen LogP contribution in [0.15, 0.2) is 23.7 Å². The van der Waals surface area contributed by atoms with E-state index in [1.54, 1.807) is 11.3 Å². The van der Waals surface area contributed by atoms with Gasteiger partial charge in [0.25, 0.3) is 0 Å². The molecule has 0 unspecified atom stereocenters. The Morgan fingerprint density at radius 2 is 2.19 bits per heavy atom. The molecule has 0 bridgehead atoms. The maximum Gasteiger partial charge on any atom is 0.188 e. The average molecular weight is 301 g/mol. The average Bonchev–Trinajstić information content (AvgIpc) is 3.11. The zero-order valence-corrected chi connectivity index (χ0v) is 13.0. The third kappa shape index (κ3) is 3.39. The molecule has 0 spiro atoms. The van der Waals surface area contributed by atoms with E-state index in [1.807, 2.05) is 24.6 Å². The minimum Gasteiger partial charge on any atom is -0.373 e. The van der Waals surface area contributed by atoms with Crippen molar-refractivity contribution in [3.8, 4) is 0 Å². The molecule has 3 nitrogen and oxygen atoms in total. The lowest BCUT2D eigenvalue weighted by atomic mass is 10.0. The van der Waals surface area contributed by atoms with Crippen LogP contribution in [0.25, 0.3) is 0 Å². The maximum atomic E-state index is 12.1. The highest BCUT2D eigenvalue weighted by molar-refractivity contribution is 7.09. The van der Waals surface area contributed by atoms with Gasteiger partial charge in [-0.3, -0.25) is 4.79 Å². The van der Waals surface area contributed by atoms with Crippen LogP contribution in [0, 0.1) is 6.92 Å². The van der Waals surface area contributed by atoms with Crippen LogP contribution in [0.3, 0.4) is 0 Å². The van der Waals surface area contributed by atoms with Crippen molar-refractivity contribution in [3.05, 3.63) is 51.0 Å². The molecule has 0 atom stereocenters. The van der Waals surface area contributed by atoms with Crippen molar-refractivity contribution >= 4 is 17.1 Å². The molecule has 4 heteroatoms. The van der Waals surface area contributed by atoms with Crippen molar-refractivity contribution in [2.24, 2.45) is 0 Å². The van der Waals surface area contributed by atoms with E-state index in [0.717, 1.165) is 30.5 Å². The first-order valence-electron chi connectivity index (χ1n) is 7.36. The van der Waals surface area contributed by atoms with Crippen LogP contribution in [-0.2, 0) is 24.0 Å². The summed E-state index contributed by atoms with van der Waals surface area (Å²) in [4.78, 5) is 17.6. The smallest absolute Gasteiger partial charge is 0.188 e. The molecule has 3 rings (SSSR count). The summed E-state index contributed by atoms with van der Waals surface area (Å²) >= 11 is 1.64.